The molecule has 122 valence electrons. The summed E-state index contributed by atoms with van der Waals surface area (Å²) in [6.07, 6.45) is 1.17. The van der Waals surface area contributed by atoms with E-state index in [1.807, 2.05) is 12.1 Å². The molecule has 0 radical (unpaired) electrons. The molecule has 0 aliphatic rings. The molecular formula is C17H18ClNO3S. The van der Waals surface area contributed by atoms with Crippen molar-refractivity contribution in [2.75, 3.05) is 13.3 Å². The van der Waals surface area contributed by atoms with E-state index in [9.17, 15) is 13.2 Å². The summed E-state index contributed by atoms with van der Waals surface area (Å²) in [5, 5.41) is 0.649. The molecule has 1 amide bonds. The van der Waals surface area contributed by atoms with Gasteiger partial charge in [-0.15, -0.1) is 0 Å². The zero-order chi connectivity index (χ0) is 17.0. The number of benzene rings is 2. The van der Waals surface area contributed by atoms with Gasteiger partial charge in [0.15, 0.2) is 9.84 Å². The number of carbonyl (C=O) groups excluding carboxylic acids is 1. The van der Waals surface area contributed by atoms with Gasteiger partial charge < -0.3 is 4.90 Å². The lowest BCUT2D eigenvalue weighted by Gasteiger charge is -2.18. The number of hydrogen-bond donors (Lipinski definition) is 0. The van der Waals surface area contributed by atoms with E-state index in [2.05, 4.69) is 0 Å². The molecule has 0 spiro atoms. The molecule has 2 aromatic carbocycles. The van der Waals surface area contributed by atoms with E-state index < -0.39 is 9.84 Å². The van der Waals surface area contributed by atoms with E-state index in [-0.39, 0.29) is 11.7 Å². The predicted molar refractivity (Wildman–Crippen MR) is 92.2 cm³/mol. The maximum absolute atomic E-state index is 12.5. The summed E-state index contributed by atoms with van der Waals surface area (Å²) >= 11 is 5.85. The van der Waals surface area contributed by atoms with Crippen LogP contribution in [0.3, 0.4) is 0 Å². The molecule has 0 fully saturated rings. The summed E-state index contributed by atoms with van der Waals surface area (Å²) in [4.78, 5) is 14.1. The van der Waals surface area contributed by atoms with Gasteiger partial charge in [0.05, 0.1) is 5.75 Å². The molecule has 0 saturated carbocycles. The molecule has 0 saturated heterocycles. The Morgan fingerprint density at radius 2 is 1.74 bits per heavy atom. The first-order valence-electron chi connectivity index (χ1n) is 7.01. The van der Waals surface area contributed by atoms with Gasteiger partial charge in [0.25, 0.3) is 5.91 Å². The highest BCUT2D eigenvalue weighted by Gasteiger charge is 2.13. The molecule has 0 unspecified atom stereocenters. The number of nitrogens with zero attached hydrogens (tertiary/aromatic N) is 1. The highest BCUT2D eigenvalue weighted by atomic mass is 35.5. The molecule has 6 heteroatoms. The van der Waals surface area contributed by atoms with E-state index in [1.165, 1.54) is 6.26 Å². The fraction of sp³-hybridized carbons (Fsp3) is 0.235. The fourth-order valence-electron chi connectivity index (χ4n) is 2.25. The minimum Gasteiger partial charge on any atom is -0.337 e. The predicted octanol–water partition coefficient (Wildman–Crippen LogP) is 3.16. The average Bonchev–Trinajstić information content (AvgIpc) is 2.47. The van der Waals surface area contributed by atoms with Gasteiger partial charge in [0, 0.05) is 30.4 Å². The molecule has 2 aromatic rings. The number of carbonyl (C=O) groups is 1. The van der Waals surface area contributed by atoms with Crippen LogP contribution in [-0.4, -0.2) is 32.5 Å². The van der Waals surface area contributed by atoms with Crippen LogP contribution in [0.5, 0.6) is 0 Å². The fourth-order valence-corrected chi connectivity index (χ4v) is 3.16. The Balaban J connectivity index is 2.13. The van der Waals surface area contributed by atoms with Crippen LogP contribution in [0, 0.1) is 0 Å². The standard InChI is InChI=1S/C17H18ClNO3S/c1-19(11-13-6-8-16(18)9-7-13)17(20)15-5-3-4-14(10-15)12-23(2,21)22/h3-10H,11-12H2,1-2H3. The average molecular weight is 352 g/mol. The monoisotopic (exact) mass is 351 g/mol. The molecule has 0 heterocycles. The summed E-state index contributed by atoms with van der Waals surface area (Å²) in [5.41, 5.74) is 2.05. The van der Waals surface area contributed by atoms with Crippen LogP contribution < -0.4 is 0 Å². The second-order valence-corrected chi connectivity index (χ2v) is 8.13. The Morgan fingerprint density at radius 1 is 1.09 bits per heavy atom. The van der Waals surface area contributed by atoms with Gasteiger partial charge in [-0.3, -0.25) is 4.79 Å². The third kappa shape index (κ3) is 5.37. The van der Waals surface area contributed by atoms with Crippen LogP contribution >= 0.6 is 11.6 Å². The van der Waals surface area contributed by atoms with E-state index in [0.717, 1.165) is 5.56 Å². The van der Waals surface area contributed by atoms with Crippen LogP contribution in [-0.2, 0) is 22.1 Å². The second-order valence-electron chi connectivity index (χ2n) is 5.56. The highest BCUT2D eigenvalue weighted by molar-refractivity contribution is 7.89. The van der Waals surface area contributed by atoms with E-state index >= 15 is 0 Å². The van der Waals surface area contributed by atoms with Gasteiger partial charge in [-0.05, 0) is 35.4 Å². The van der Waals surface area contributed by atoms with Crippen molar-refractivity contribution in [1.82, 2.24) is 4.90 Å². The Kier molecular flexibility index (Phi) is 5.44. The van der Waals surface area contributed by atoms with E-state index in [4.69, 9.17) is 11.6 Å². The zero-order valence-electron chi connectivity index (χ0n) is 13.0. The molecular weight excluding hydrogens is 334 g/mol. The first kappa shape index (κ1) is 17.5. The van der Waals surface area contributed by atoms with Crippen molar-refractivity contribution >= 4 is 27.3 Å². The van der Waals surface area contributed by atoms with Crippen LogP contribution in [0.1, 0.15) is 21.5 Å². The quantitative estimate of drug-likeness (QED) is 0.831. The SMILES string of the molecule is CN(Cc1ccc(Cl)cc1)C(=O)c1cccc(CS(C)(=O)=O)c1. The van der Waals surface area contributed by atoms with Crippen molar-refractivity contribution in [3.63, 3.8) is 0 Å². The number of sulfone groups is 1. The molecule has 0 N–H and O–H groups in total. The Morgan fingerprint density at radius 3 is 2.35 bits per heavy atom. The molecule has 0 bridgehead atoms. The highest BCUT2D eigenvalue weighted by Crippen LogP contribution is 2.14. The lowest BCUT2D eigenvalue weighted by molar-refractivity contribution is 0.0785. The maximum atomic E-state index is 12.5. The summed E-state index contributed by atoms with van der Waals surface area (Å²) in [5.74, 6) is -0.232. The first-order valence-corrected chi connectivity index (χ1v) is 9.45. The summed E-state index contributed by atoms with van der Waals surface area (Å²) < 4.78 is 22.8. The zero-order valence-corrected chi connectivity index (χ0v) is 14.6. The smallest absolute Gasteiger partial charge is 0.253 e. The number of halogens is 1. The van der Waals surface area contributed by atoms with Crippen LogP contribution in [0.25, 0.3) is 0 Å². The van der Waals surface area contributed by atoms with Crippen molar-refractivity contribution in [1.29, 1.82) is 0 Å². The topological polar surface area (TPSA) is 54.5 Å². The van der Waals surface area contributed by atoms with E-state index in [1.54, 1.807) is 48.3 Å². The van der Waals surface area contributed by atoms with Crippen LogP contribution in [0.2, 0.25) is 5.02 Å². The lowest BCUT2D eigenvalue weighted by Crippen LogP contribution is -2.26. The van der Waals surface area contributed by atoms with Crippen LogP contribution in [0.4, 0.5) is 0 Å². The number of hydrogen-bond acceptors (Lipinski definition) is 3. The summed E-state index contributed by atoms with van der Waals surface area (Å²) in [6, 6.07) is 14.0. The lowest BCUT2D eigenvalue weighted by atomic mass is 10.1. The molecule has 4 nitrogen and oxygen atoms in total. The third-order valence-electron chi connectivity index (χ3n) is 3.28. The van der Waals surface area contributed by atoms with Crippen molar-refractivity contribution < 1.29 is 13.2 Å². The molecule has 0 aliphatic carbocycles. The maximum Gasteiger partial charge on any atom is 0.253 e. The second kappa shape index (κ2) is 7.15. The van der Waals surface area contributed by atoms with Crippen molar-refractivity contribution in [3.05, 3.63) is 70.2 Å². The largest absolute Gasteiger partial charge is 0.337 e. The van der Waals surface area contributed by atoms with Gasteiger partial charge in [-0.1, -0.05) is 35.9 Å². The number of amides is 1. The third-order valence-corrected chi connectivity index (χ3v) is 4.39. The van der Waals surface area contributed by atoms with Gasteiger partial charge in [-0.25, -0.2) is 8.42 Å². The molecule has 23 heavy (non-hydrogen) atoms. The van der Waals surface area contributed by atoms with Gasteiger partial charge in [-0.2, -0.15) is 0 Å². The first-order chi connectivity index (χ1) is 10.7. The van der Waals surface area contributed by atoms with Gasteiger partial charge >= 0.3 is 0 Å². The van der Waals surface area contributed by atoms with Crippen LogP contribution in [0.15, 0.2) is 48.5 Å². The number of rotatable bonds is 5. The summed E-state index contributed by atoms with van der Waals surface area (Å²) in [6.45, 7) is 0.451. The van der Waals surface area contributed by atoms with Crippen molar-refractivity contribution in [2.24, 2.45) is 0 Å². The Hall–Kier alpha value is -1.85. The van der Waals surface area contributed by atoms with Crippen molar-refractivity contribution in [3.8, 4) is 0 Å². The van der Waals surface area contributed by atoms with Gasteiger partial charge in [0.1, 0.15) is 0 Å². The molecule has 0 aliphatic heterocycles. The molecule has 0 atom stereocenters. The normalized spacial score (nSPS) is 11.3. The van der Waals surface area contributed by atoms with Gasteiger partial charge in [0.2, 0.25) is 0 Å². The molecule has 0 aromatic heterocycles. The molecule has 2 rings (SSSR count). The van der Waals surface area contributed by atoms with Crippen molar-refractivity contribution in [2.45, 2.75) is 12.3 Å². The minimum atomic E-state index is -3.13. The van der Waals surface area contributed by atoms with E-state index in [0.29, 0.717) is 22.7 Å². The Labute approximate surface area is 141 Å². The Bertz CT molecular complexity index is 801. The minimum absolute atomic E-state index is 0.0744. The summed E-state index contributed by atoms with van der Waals surface area (Å²) in [7, 11) is -1.42.